The summed E-state index contributed by atoms with van der Waals surface area (Å²) in [5.41, 5.74) is 0.980. The molecule has 0 saturated carbocycles. The molecule has 8 nitrogen and oxygen atoms in total. The fraction of sp³-hybridized carbons (Fsp3) is 0.571. The van der Waals surface area contributed by atoms with Crippen LogP contribution in [0.1, 0.15) is 25.3 Å². The van der Waals surface area contributed by atoms with Gasteiger partial charge in [-0.3, -0.25) is 9.36 Å². The van der Waals surface area contributed by atoms with Gasteiger partial charge in [0.25, 0.3) is 0 Å². The quantitative estimate of drug-likeness (QED) is 0.651. The SMILES string of the molecule is Cc1ccc(NC(=O)[C@H](C)Sc2nnc(N3CCOCC3)n2C[C@H]2CCCO2)cc1F. The Balaban J connectivity index is 1.48. The number of carbonyl (C=O) groups excluding carboxylic acids is 1. The van der Waals surface area contributed by atoms with E-state index in [-0.39, 0.29) is 17.8 Å². The smallest absolute Gasteiger partial charge is 0.237 e. The number of ether oxygens (including phenoxy) is 2. The number of anilines is 2. The summed E-state index contributed by atoms with van der Waals surface area (Å²) in [6.07, 6.45) is 2.17. The van der Waals surface area contributed by atoms with E-state index in [0.29, 0.717) is 36.2 Å². The maximum atomic E-state index is 13.8. The molecule has 31 heavy (non-hydrogen) atoms. The Bertz CT molecular complexity index is 912. The van der Waals surface area contributed by atoms with Crippen molar-refractivity contribution in [2.24, 2.45) is 0 Å². The number of nitrogens with zero attached hydrogens (tertiary/aromatic N) is 4. The van der Waals surface area contributed by atoms with E-state index in [0.717, 1.165) is 38.5 Å². The zero-order chi connectivity index (χ0) is 21.8. The van der Waals surface area contributed by atoms with Crippen LogP contribution >= 0.6 is 11.8 Å². The Labute approximate surface area is 185 Å². The number of rotatable bonds is 7. The van der Waals surface area contributed by atoms with Gasteiger partial charge in [-0.2, -0.15) is 0 Å². The highest BCUT2D eigenvalue weighted by Crippen LogP contribution is 2.29. The first-order chi connectivity index (χ1) is 15.0. The van der Waals surface area contributed by atoms with Crippen molar-refractivity contribution in [3.05, 3.63) is 29.6 Å². The molecule has 1 aromatic carbocycles. The van der Waals surface area contributed by atoms with Crippen LogP contribution in [0.4, 0.5) is 16.0 Å². The largest absolute Gasteiger partial charge is 0.378 e. The lowest BCUT2D eigenvalue weighted by atomic mass is 10.2. The number of aryl methyl sites for hydroxylation is 1. The Morgan fingerprint density at radius 1 is 1.32 bits per heavy atom. The molecule has 10 heteroatoms. The first-order valence-corrected chi connectivity index (χ1v) is 11.5. The molecule has 4 rings (SSSR count). The molecule has 2 aromatic rings. The van der Waals surface area contributed by atoms with Crippen molar-refractivity contribution < 1.29 is 18.7 Å². The number of aromatic nitrogens is 3. The van der Waals surface area contributed by atoms with Gasteiger partial charge in [0, 0.05) is 25.4 Å². The van der Waals surface area contributed by atoms with Gasteiger partial charge in [0.1, 0.15) is 5.82 Å². The second-order valence-electron chi connectivity index (χ2n) is 7.84. The van der Waals surface area contributed by atoms with E-state index < -0.39 is 5.25 Å². The number of morpholine rings is 1. The van der Waals surface area contributed by atoms with E-state index in [1.807, 2.05) is 6.92 Å². The van der Waals surface area contributed by atoms with Gasteiger partial charge in [-0.25, -0.2) is 4.39 Å². The number of amides is 1. The minimum atomic E-state index is -0.436. The zero-order valence-corrected chi connectivity index (χ0v) is 18.7. The van der Waals surface area contributed by atoms with Gasteiger partial charge >= 0.3 is 0 Å². The molecule has 0 bridgehead atoms. The number of thioether (sulfide) groups is 1. The highest BCUT2D eigenvalue weighted by molar-refractivity contribution is 8.00. The van der Waals surface area contributed by atoms with Crippen LogP contribution in [0.25, 0.3) is 0 Å². The fourth-order valence-electron chi connectivity index (χ4n) is 3.64. The third kappa shape index (κ3) is 5.36. The number of hydrogen-bond donors (Lipinski definition) is 1. The second kappa shape index (κ2) is 9.97. The van der Waals surface area contributed by atoms with Crippen molar-refractivity contribution in [2.75, 3.05) is 43.1 Å². The summed E-state index contributed by atoms with van der Waals surface area (Å²) in [6, 6.07) is 4.68. The number of nitrogens with one attached hydrogen (secondary N) is 1. The molecule has 2 atom stereocenters. The molecule has 2 fully saturated rings. The maximum Gasteiger partial charge on any atom is 0.237 e. The number of hydrogen-bond acceptors (Lipinski definition) is 7. The standard InChI is InChI=1S/C21H28FN5O3S/c1-14-5-6-16(12-18(14)22)23-19(28)15(2)31-21-25-24-20(26-7-10-29-11-8-26)27(21)13-17-4-3-9-30-17/h5-6,12,15,17H,3-4,7-11,13H2,1-2H3,(H,23,28)/t15-,17+/m0/s1. The lowest BCUT2D eigenvalue weighted by molar-refractivity contribution is -0.115. The van der Waals surface area contributed by atoms with Gasteiger partial charge in [-0.05, 0) is 44.4 Å². The summed E-state index contributed by atoms with van der Waals surface area (Å²) in [5, 5.41) is 11.8. The van der Waals surface area contributed by atoms with Crippen molar-refractivity contribution in [1.82, 2.24) is 14.8 Å². The monoisotopic (exact) mass is 449 g/mol. The predicted molar refractivity (Wildman–Crippen MR) is 117 cm³/mol. The first-order valence-electron chi connectivity index (χ1n) is 10.6. The van der Waals surface area contributed by atoms with Crippen molar-refractivity contribution in [1.29, 1.82) is 0 Å². The molecule has 1 aromatic heterocycles. The van der Waals surface area contributed by atoms with Gasteiger partial charge < -0.3 is 19.7 Å². The third-order valence-electron chi connectivity index (χ3n) is 5.49. The van der Waals surface area contributed by atoms with Crippen molar-refractivity contribution in [3.63, 3.8) is 0 Å². The first kappa shape index (κ1) is 22.0. The number of carbonyl (C=O) groups is 1. The van der Waals surface area contributed by atoms with E-state index in [1.165, 1.54) is 17.8 Å². The average molecular weight is 450 g/mol. The van der Waals surface area contributed by atoms with Crippen LogP contribution in [0.5, 0.6) is 0 Å². The molecule has 168 valence electrons. The average Bonchev–Trinajstić information content (AvgIpc) is 3.42. The van der Waals surface area contributed by atoms with Crippen LogP contribution in [0.15, 0.2) is 23.4 Å². The van der Waals surface area contributed by atoms with Crippen LogP contribution in [-0.4, -0.2) is 64.9 Å². The minimum absolute atomic E-state index is 0.120. The molecule has 0 radical (unpaired) electrons. The highest BCUT2D eigenvalue weighted by Gasteiger charge is 2.27. The van der Waals surface area contributed by atoms with E-state index in [4.69, 9.17) is 9.47 Å². The minimum Gasteiger partial charge on any atom is -0.378 e. The maximum absolute atomic E-state index is 13.8. The van der Waals surface area contributed by atoms with Crippen LogP contribution in [0.3, 0.4) is 0 Å². The molecule has 0 spiro atoms. The summed E-state index contributed by atoms with van der Waals surface area (Å²) in [7, 11) is 0. The summed E-state index contributed by atoms with van der Waals surface area (Å²) < 4.78 is 27.2. The Morgan fingerprint density at radius 3 is 2.84 bits per heavy atom. The summed E-state index contributed by atoms with van der Waals surface area (Å²) in [5.74, 6) is 0.229. The third-order valence-corrected chi connectivity index (χ3v) is 6.57. The molecule has 1 amide bonds. The molecular weight excluding hydrogens is 421 g/mol. The number of benzene rings is 1. The number of halogens is 1. The highest BCUT2D eigenvalue weighted by atomic mass is 32.2. The van der Waals surface area contributed by atoms with Crippen LogP contribution in [-0.2, 0) is 20.8 Å². The van der Waals surface area contributed by atoms with Gasteiger partial charge in [-0.15, -0.1) is 10.2 Å². The van der Waals surface area contributed by atoms with Crippen molar-refractivity contribution in [2.45, 2.75) is 49.7 Å². The van der Waals surface area contributed by atoms with Gasteiger partial charge in [0.15, 0.2) is 5.16 Å². The summed E-state index contributed by atoms with van der Waals surface area (Å²) >= 11 is 1.34. The van der Waals surface area contributed by atoms with E-state index in [9.17, 15) is 9.18 Å². The summed E-state index contributed by atoms with van der Waals surface area (Å²) in [4.78, 5) is 14.9. The zero-order valence-electron chi connectivity index (χ0n) is 17.8. The second-order valence-corrected chi connectivity index (χ2v) is 9.15. The molecule has 0 aliphatic carbocycles. The molecule has 0 unspecified atom stereocenters. The van der Waals surface area contributed by atoms with Crippen molar-refractivity contribution in [3.8, 4) is 0 Å². The predicted octanol–water partition coefficient (Wildman–Crippen LogP) is 2.86. The lowest BCUT2D eigenvalue weighted by Crippen LogP contribution is -2.38. The molecular formula is C21H28FN5O3S. The van der Waals surface area contributed by atoms with E-state index in [1.54, 1.807) is 19.1 Å². The Morgan fingerprint density at radius 2 is 2.13 bits per heavy atom. The van der Waals surface area contributed by atoms with Crippen LogP contribution < -0.4 is 10.2 Å². The van der Waals surface area contributed by atoms with Gasteiger partial charge in [-0.1, -0.05) is 17.8 Å². The molecule has 2 saturated heterocycles. The van der Waals surface area contributed by atoms with E-state index >= 15 is 0 Å². The van der Waals surface area contributed by atoms with Crippen molar-refractivity contribution >= 4 is 29.3 Å². The fourth-order valence-corrected chi connectivity index (χ4v) is 4.50. The normalized spacial score (nSPS) is 20.1. The van der Waals surface area contributed by atoms with Crippen LogP contribution in [0.2, 0.25) is 0 Å². The molecule has 3 heterocycles. The Hall–Kier alpha value is -2.17. The van der Waals surface area contributed by atoms with Gasteiger partial charge in [0.05, 0.1) is 31.1 Å². The molecule has 2 aliphatic rings. The lowest BCUT2D eigenvalue weighted by Gasteiger charge is -2.28. The molecule has 1 N–H and O–H groups in total. The molecule has 2 aliphatic heterocycles. The van der Waals surface area contributed by atoms with E-state index in [2.05, 4.69) is 25.0 Å². The van der Waals surface area contributed by atoms with Crippen LogP contribution in [0, 0.1) is 12.7 Å². The summed E-state index contributed by atoms with van der Waals surface area (Å²) in [6.45, 7) is 7.74. The van der Waals surface area contributed by atoms with Gasteiger partial charge in [0.2, 0.25) is 11.9 Å². The topological polar surface area (TPSA) is 81.5 Å². The Kier molecular flexibility index (Phi) is 7.09.